The Labute approximate surface area is 148 Å². The van der Waals surface area contributed by atoms with Gasteiger partial charge in [0.25, 0.3) is 5.91 Å². The fourth-order valence-electron chi connectivity index (χ4n) is 2.90. The SMILES string of the molecule is NCC(NC(=O)c1ccccc1CS(=O)(=O)c1ccccc1)C1CC1. The molecule has 5 nitrogen and oxygen atoms in total. The molecule has 3 N–H and O–H groups in total. The number of rotatable bonds is 7. The van der Waals surface area contributed by atoms with Gasteiger partial charge in [-0.05, 0) is 42.5 Å². The Morgan fingerprint density at radius 1 is 1.08 bits per heavy atom. The van der Waals surface area contributed by atoms with Gasteiger partial charge in [-0.25, -0.2) is 8.42 Å². The average molecular weight is 358 g/mol. The number of hydrogen-bond acceptors (Lipinski definition) is 4. The Bertz CT molecular complexity index is 846. The quantitative estimate of drug-likeness (QED) is 0.793. The van der Waals surface area contributed by atoms with Crippen LogP contribution in [0.1, 0.15) is 28.8 Å². The van der Waals surface area contributed by atoms with Gasteiger partial charge in [0, 0.05) is 18.2 Å². The Morgan fingerprint density at radius 3 is 2.36 bits per heavy atom. The van der Waals surface area contributed by atoms with Gasteiger partial charge >= 0.3 is 0 Å². The Morgan fingerprint density at radius 2 is 1.72 bits per heavy atom. The Hall–Kier alpha value is -2.18. The highest BCUT2D eigenvalue weighted by Crippen LogP contribution is 2.32. The number of carbonyl (C=O) groups is 1. The molecule has 0 aromatic heterocycles. The van der Waals surface area contributed by atoms with Gasteiger partial charge < -0.3 is 11.1 Å². The maximum atomic E-state index is 12.6. The van der Waals surface area contributed by atoms with Crippen LogP contribution in [-0.4, -0.2) is 26.9 Å². The van der Waals surface area contributed by atoms with Crippen LogP contribution in [0.5, 0.6) is 0 Å². The second-order valence-corrected chi connectivity index (χ2v) is 8.37. The zero-order chi connectivity index (χ0) is 17.9. The van der Waals surface area contributed by atoms with E-state index in [4.69, 9.17) is 5.73 Å². The lowest BCUT2D eigenvalue weighted by Gasteiger charge is -2.17. The summed E-state index contributed by atoms with van der Waals surface area (Å²) in [6.45, 7) is 0.390. The summed E-state index contributed by atoms with van der Waals surface area (Å²) >= 11 is 0. The highest BCUT2D eigenvalue weighted by atomic mass is 32.2. The van der Waals surface area contributed by atoms with E-state index in [1.807, 2.05) is 0 Å². The minimum absolute atomic E-state index is 0.0497. The number of hydrogen-bond donors (Lipinski definition) is 2. The number of benzene rings is 2. The van der Waals surface area contributed by atoms with Crippen LogP contribution in [-0.2, 0) is 15.6 Å². The summed E-state index contributed by atoms with van der Waals surface area (Å²) in [5, 5.41) is 2.95. The molecule has 3 rings (SSSR count). The molecule has 1 aliphatic carbocycles. The van der Waals surface area contributed by atoms with E-state index in [0.717, 1.165) is 12.8 Å². The number of sulfone groups is 1. The van der Waals surface area contributed by atoms with Gasteiger partial charge in [0.05, 0.1) is 10.6 Å². The number of amides is 1. The first kappa shape index (κ1) is 17.6. The van der Waals surface area contributed by atoms with E-state index >= 15 is 0 Å². The molecule has 0 spiro atoms. The van der Waals surface area contributed by atoms with E-state index in [9.17, 15) is 13.2 Å². The summed E-state index contributed by atoms with van der Waals surface area (Å²) in [6, 6.07) is 15.0. The van der Waals surface area contributed by atoms with E-state index < -0.39 is 9.84 Å². The molecule has 1 atom stereocenters. The molecule has 1 saturated carbocycles. The van der Waals surface area contributed by atoms with Crippen LogP contribution in [0.4, 0.5) is 0 Å². The molecule has 1 aliphatic rings. The van der Waals surface area contributed by atoms with Gasteiger partial charge in [-0.2, -0.15) is 0 Å². The summed E-state index contributed by atoms with van der Waals surface area (Å²) in [5.41, 5.74) is 6.63. The number of nitrogens with one attached hydrogen (secondary N) is 1. The summed E-state index contributed by atoms with van der Waals surface area (Å²) in [6.07, 6.45) is 2.15. The van der Waals surface area contributed by atoms with Crippen molar-refractivity contribution in [3.8, 4) is 0 Å². The van der Waals surface area contributed by atoms with Gasteiger partial charge in [-0.1, -0.05) is 36.4 Å². The summed E-state index contributed by atoms with van der Waals surface area (Å²) in [4.78, 5) is 12.9. The van der Waals surface area contributed by atoms with Crippen molar-refractivity contribution in [2.75, 3.05) is 6.54 Å². The maximum absolute atomic E-state index is 12.6. The van der Waals surface area contributed by atoms with Crippen molar-refractivity contribution < 1.29 is 13.2 Å². The zero-order valence-electron chi connectivity index (χ0n) is 13.9. The van der Waals surface area contributed by atoms with Crippen molar-refractivity contribution >= 4 is 15.7 Å². The molecule has 0 saturated heterocycles. The molecule has 0 bridgehead atoms. The third-order valence-electron chi connectivity index (χ3n) is 4.47. The fraction of sp³-hybridized carbons (Fsp3) is 0.316. The molecule has 0 radical (unpaired) electrons. The fourth-order valence-corrected chi connectivity index (χ4v) is 4.30. The molecule has 25 heavy (non-hydrogen) atoms. The normalized spacial score (nSPS) is 15.6. The van der Waals surface area contributed by atoms with Gasteiger partial charge in [0.2, 0.25) is 0 Å². The van der Waals surface area contributed by atoms with E-state index in [1.165, 1.54) is 0 Å². The van der Waals surface area contributed by atoms with Gasteiger partial charge in [-0.15, -0.1) is 0 Å². The topological polar surface area (TPSA) is 89.3 Å². The Balaban J connectivity index is 1.82. The standard InChI is InChI=1S/C19H22N2O3S/c20-12-18(14-10-11-14)21-19(22)17-9-5-4-6-15(17)13-25(23,24)16-7-2-1-3-8-16/h1-9,14,18H,10-13,20H2,(H,21,22). The summed E-state index contributed by atoms with van der Waals surface area (Å²) < 4.78 is 25.2. The monoisotopic (exact) mass is 358 g/mol. The van der Waals surface area contributed by atoms with Crippen LogP contribution < -0.4 is 11.1 Å². The minimum atomic E-state index is -3.51. The largest absolute Gasteiger partial charge is 0.348 e. The number of carbonyl (C=O) groups excluding carboxylic acids is 1. The molecule has 0 aliphatic heterocycles. The van der Waals surface area contributed by atoms with Gasteiger partial charge in [-0.3, -0.25) is 4.79 Å². The predicted molar refractivity (Wildman–Crippen MR) is 96.8 cm³/mol. The van der Waals surface area contributed by atoms with Gasteiger partial charge in [0.15, 0.2) is 9.84 Å². The zero-order valence-corrected chi connectivity index (χ0v) is 14.7. The molecule has 1 amide bonds. The smallest absolute Gasteiger partial charge is 0.251 e. The van der Waals surface area contributed by atoms with E-state index in [1.54, 1.807) is 54.6 Å². The van der Waals surface area contributed by atoms with Crippen molar-refractivity contribution in [3.63, 3.8) is 0 Å². The molecular weight excluding hydrogens is 336 g/mol. The molecule has 1 unspecified atom stereocenters. The molecule has 2 aromatic carbocycles. The van der Waals surface area contributed by atoms with Crippen molar-refractivity contribution in [1.29, 1.82) is 0 Å². The molecule has 2 aromatic rings. The third-order valence-corrected chi connectivity index (χ3v) is 6.15. The second kappa shape index (κ2) is 7.37. The lowest BCUT2D eigenvalue weighted by atomic mass is 10.1. The summed E-state index contributed by atoms with van der Waals surface area (Å²) in [7, 11) is -3.51. The molecular formula is C19H22N2O3S. The summed E-state index contributed by atoms with van der Waals surface area (Å²) in [5.74, 6) is -0.0347. The lowest BCUT2D eigenvalue weighted by molar-refractivity contribution is 0.0933. The van der Waals surface area contributed by atoms with Crippen molar-refractivity contribution in [2.24, 2.45) is 11.7 Å². The Kier molecular flexibility index (Phi) is 5.20. The van der Waals surface area contributed by atoms with Crippen LogP contribution in [0, 0.1) is 5.92 Å². The van der Waals surface area contributed by atoms with Crippen LogP contribution >= 0.6 is 0 Å². The minimum Gasteiger partial charge on any atom is -0.348 e. The van der Waals surface area contributed by atoms with Crippen LogP contribution in [0.15, 0.2) is 59.5 Å². The third kappa shape index (κ3) is 4.27. The van der Waals surface area contributed by atoms with Crippen molar-refractivity contribution in [3.05, 3.63) is 65.7 Å². The van der Waals surface area contributed by atoms with Crippen LogP contribution in [0.25, 0.3) is 0 Å². The highest BCUT2D eigenvalue weighted by molar-refractivity contribution is 7.90. The molecule has 1 fully saturated rings. The predicted octanol–water partition coefficient (Wildman–Crippen LogP) is 2.13. The van der Waals surface area contributed by atoms with Crippen LogP contribution in [0.3, 0.4) is 0 Å². The van der Waals surface area contributed by atoms with E-state index in [0.29, 0.717) is 23.6 Å². The molecule has 6 heteroatoms. The lowest BCUT2D eigenvalue weighted by Crippen LogP contribution is -2.42. The van der Waals surface area contributed by atoms with Gasteiger partial charge in [0.1, 0.15) is 0 Å². The second-order valence-electron chi connectivity index (χ2n) is 6.38. The van der Waals surface area contributed by atoms with E-state index in [-0.39, 0.29) is 22.6 Å². The van der Waals surface area contributed by atoms with Crippen molar-refractivity contribution in [2.45, 2.75) is 29.5 Å². The van der Waals surface area contributed by atoms with Crippen LogP contribution in [0.2, 0.25) is 0 Å². The molecule has 132 valence electrons. The first-order chi connectivity index (χ1) is 12.0. The first-order valence-corrected chi connectivity index (χ1v) is 10.0. The van der Waals surface area contributed by atoms with E-state index in [2.05, 4.69) is 5.32 Å². The first-order valence-electron chi connectivity index (χ1n) is 8.38. The average Bonchev–Trinajstić information content (AvgIpc) is 3.45. The molecule has 0 heterocycles. The highest BCUT2D eigenvalue weighted by Gasteiger charge is 2.32. The number of nitrogens with two attached hydrogens (primary N) is 1. The van der Waals surface area contributed by atoms with Crippen molar-refractivity contribution in [1.82, 2.24) is 5.32 Å². The maximum Gasteiger partial charge on any atom is 0.251 e.